The van der Waals surface area contributed by atoms with Crippen molar-refractivity contribution in [2.24, 2.45) is 0 Å². The van der Waals surface area contributed by atoms with Gasteiger partial charge in [-0.15, -0.1) is 46.2 Å². The Morgan fingerprint density at radius 2 is 1.19 bits per heavy atom. The molecule has 0 amide bonds. The minimum absolute atomic E-state index is 0. The fraction of sp³-hybridized carbons (Fsp3) is 0.455. The summed E-state index contributed by atoms with van der Waals surface area (Å²) >= 11 is 1.55. The molecule has 2 saturated carbocycles. The molecule has 0 nitrogen and oxygen atoms in total. The SMILES string of the molecule is C[C](C)=[Zr+2].[C-]1=CC=CC1.[Cl-].[Cl-].c1cc2c(cc1C1CCCCC1)[cH-]c1cc(C3CCCCC3)ccc12. The number of fused-ring (bicyclic) bond motifs is 3. The Labute approximate surface area is 246 Å². The van der Waals surface area contributed by atoms with Gasteiger partial charge in [0.1, 0.15) is 0 Å². The van der Waals surface area contributed by atoms with Crippen LogP contribution in [-0.4, -0.2) is 3.21 Å². The third-order valence-corrected chi connectivity index (χ3v) is 7.49. The van der Waals surface area contributed by atoms with E-state index in [4.69, 9.17) is 0 Å². The van der Waals surface area contributed by atoms with Gasteiger partial charge >= 0.3 is 41.3 Å². The van der Waals surface area contributed by atoms with Crippen LogP contribution in [0.4, 0.5) is 0 Å². The monoisotopic (exact) mass is 596 g/mol. The van der Waals surface area contributed by atoms with Crippen LogP contribution in [0, 0.1) is 6.08 Å². The van der Waals surface area contributed by atoms with Crippen LogP contribution < -0.4 is 24.8 Å². The van der Waals surface area contributed by atoms with E-state index in [0.29, 0.717) is 0 Å². The standard InChI is InChI=1S/C25H29.C5H5.C3H6.2ClH.Zr/c1-3-7-18(8-4-1)20-11-13-24-22(15-20)17-23-16-21(12-14-25(23)24)19-9-5-2-6-10-19;1-2-4-5-3-1;1-3-2;;;/h11-19H,1-10H2;1-3H,4H2;1-2H3;2*1H;/q2*-1;;;;+2/p-2. The minimum atomic E-state index is 0. The second-order valence-corrected chi connectivity index (χ2v) is 13.0. The van der Waals surface area contributed by atoms with Gasteiger partial charge in [0.05, 0.1) is 0 Å². The van der Waals surface area contributed by atoms with Crippen LogP contribution in [0.15, 0.2) is 60.7 Å². The van der Waals surface area contributed by atoms with E-state index < -0.39 is 0 Å². The summed E-state index contributed by atoms with van der Waals surface area (Å²) in [6.07, 6.45) is 24.1. The van der Waals surface area contributed by atoms with Crippen LogP contribution in [0.1, 0.15) is 107 Å². The smallest absolute Gasteiger partial charge is 0.0232 e. The molecule has 0 N–H and O–H groups in total. The molecule has 0 spiro atoms. The molecule has 6 rings (SSSR count). The number of allylic oxidation sites excluding steroid dienone is 4. The first-order chi connectivity index (χ1) is 16.6. The van der Waals surface area contributed by atoms with Crippen molar-refractivity contribution in [1.82, 2.24) is 0 Å². The van der Waals surface area contributed by atoms with Crippen molar-refractivity contribution in [3.63, 3.8) is 0 Å². The molecule has 3 aromatic rings. The Kier molecular flexibility index (Phi) is 14.1. The van der Waals surface area contributed by atoms with E-state index in [2.05, 4.69) is 68.5 Å². The van der Waals surface area contributed by atoms with Crippen molar-refractivity contribution >= 4 is 24.8 Å². The van der Waals surface area contributed by atoms with Crippen LogP contribution in [0.25, 0.3) is 21.5 Å². The van der Waals surface area contributed by atoms with Crippen molar-refractivity contribution in [3.05, 3.63) is 77.9 Å². The fourth-order valence-corrected chi connectivity index (χ4v) is 5.78. The fourth-order valence-electron chi connectivity index (χ4n) is 5.78. The summed E-state index contributed by atoms with van der Waals surface area (Å²) in [5.74, 6) is 1.60. The normalized spacial score (nSPS) is 17.4. The Morgan fingerprint density at radius 3 is 1.53 bits per heavy atom. The summed E-state index contributed by atoms with van der Waals surface area (Å²) in [4.78, 5) is 0. The average Bonchev–Trinajstić information content (AvgIpc) is 3.56. The van der Waals surface area contributed by atoms with E-state index in [1.165, 1.54) is 89.0 Å². The molecule has 3 aliphatic carbocycles. The molecule has 3 aromatic carbocycles. The molecule has 36 heavy (non-hydrogen) atoms. The molecule has 0 unspecified atom stereocenters. The molecule has 0 atom stereocenters. The molecule has 0 radical (unpaired) electrons. The first-order valence-electron chi connectivity index (χ1n) is 13.5. The maximum atomic E-state index is 2.99. The summed E-state index contributed by atoms with van der Waals surface area (Å²) in [5.41, 5.74) is 3.16. The van der Waals surface area contributed by atoms with Gasteiger partial charge < -0.3 is 24.8 Å². The van der Waals surface area contributed by atoms with Crippen LogP contribution in [-0.2, 0) is 24.2 Å². The third-order valence-electron chi connectivity index (χ3n) is 7.49. The van der Waals surface area contributed by atoms with Gasteiger partial charge in [-0.05, 0) is 37.5 Å². The molecule has 3 aliphatic rings. The Balaban J connectivity index is 0.000000357. The summed E-state index contributed by atoms with van der Waals surface area (Å²) < 4.78 is 1.51. The van der Waals surface area contributed by atoms with Crippen molar-refractivity contribution in [2.45, 2.75) is 96.3 Å². The van der Waals surface area contributed by atoms with E-state index >= 15 is 0 Å². The van der Waals surface area contributed by atoms with Crippen molar-refractivity contribution in [1.29, 1.82) is 0 Å². The summed E-state index contributed by atoms with van der Waals surface area (Å²) in [6.45, 7) is 4.25. The zero-order chi connectivity index (χ0) is 23.8. The predicted octanol–water partition coefficient (Wildman–Crippen LogP) is 3.87. The quantitative estimate of drug-likeness (QED) is 0.393. The first-order valence-corrected chi connectivity index (χ1v) is 14.7. The molecule has 0 aliphatic heterocycles. The molecule has 3 heteroatoms. The Morgan fingerprint density at radius 1 is 0.750 bits per heavy atom. The second-order valence-electron chi connectivity index (χ2n) is 10.5. The maximum Gasteiger partial charge on any atom is -0.0232 e. The Bertz CT molecular complexity index is 1050. The largest absolute Gasteiger partial charge is 1.00 e. The van der Waals surface area contributed by atoms with Gasteiger partial charge in [-0.2, -0.15) is 6.08 Å². The third kappa shape index (κ3) is 8.86. The van der Waals surface area contributed by atoms with Gasteiger partial charge in [-0.25, -0.2) is 12.2 Å². The van der Waals surface area contributed by atoms with Crippen LogP contribution in [0.5, 0.6) is 0 Å². The van der Waals surface area contributed by atoms with E-state index in [1.54, 1.807) is 35.4 Å². The topological polar surface area (TPSA) is 0 Å². The van der Waals surface area contributed by atoms with Gasteiger partial charge in [-0.3, -0.25) is 6.08 Å². The average molecular weight is 599 g/mol. The zero-order valence-corrected chi connectivity index (χ0v) is 25.9. The number of benzene rings is 2. The predicted molar refractivity (Wildman–Crippen MR) is 147 cm³/mol. The minimum Gasteiger partial charge on any atom is -1.00 e. The van der Waals surface area contributed by atoms with Crippen LogP contribution >= 0.6 is 0 Å². The molecular weight excluding hydrogens is 558 g/mol. The van der Waals surface area contributed by atoms with Crippen LogP contribution in [0.2, 0.25) is 0 Å². The van der Waals surface area contributed by atoms with E-state index in [0.717, 1.165) is 18.3 Å². The number of halogens is 2. The molecule has 0 heterocycles. The van der Waals surface area contributed by atoms with Gasteiger partial charge in [0.25, 0.3) is 0 Å². The van der Waals surface area contributed by atoms with Crippen molar-refractivity contribution in [2.75, 3.05) is 0 Å². The van der Waals surface area contributed by atoms with E-state index in [-0.39, 0.29) is 24.8 Å². The van der Waals surface area contributed by atoms with Gasteiger partial charge in [0.15, 0.2) is 0 Å². The summed E-state index contributed by atoms with van der Waals surface area (Å²) in [6, 6.07) is 17.0. The molecular formula is C33H40Cl2Zr-2. The second kappa shape index (κ2) is 16.2. The van der Waals surface area contributed by atoms with E-state index in [9.17, 15) is 0 Å². The summed E-state index contributed by atoms with van der Waals surface area (Å²) in [5, 5.41) is 5.81. The molecule has 0 saturated heterocycles. The zero-order valence-electron chi connectivity index (χ0n) is 22.0. The number of hydrogen-bond acceptors (Lipinski definition) is 0. The van der Waals surface area contributed by atoms with Gasteiger partial charge in [0, 0.05) is 0 Å². The van der Waals surface area contributed by atoms with Gasteiger partial charge in [0.2, 0.25) is 0 Å². The van der Waals surface area contributed by atoms with E-state index in [1.807, 2.05) is 12.2 Å². The summed E-state index contributed by atoms with van der Waals surface area (Å²) in [7, 11) is 0. The first kappa shape index (κ1) is 31.3. The molecule has 0 bridgehead atoms. The Hall–Kier alpha value is -0.877. The molecule has 2 fully saturated rings. The maximum absolute atomic E-state index is 2.99. The van der Waals surface area contributed by atoms with Crippen LogP contribution in [0.3, 0.4) is 0 Å². The molecule has 0 aromatic heterocycles. The van der Waals surface area contributed by atoms with Crippen molar-refractivity contribution < 1.29 is 49.0 Å². The van der Waals surface area contributed by atoms with Crippen molar-refractivity contribution in [3.8, 4) is 0 Å². The number of hydrogen-bond donors (Lipinski definition) is 0. The number of rotatable bonds is 2. The molecule has 192 valence electrons. The van der Waals surface area contributed by atoms with Gasteiger partial charge in [-0.1, -0.05) is 73.9 Å².